The standard InChI is InChI=1S/C17H13FN2O2S/c1-21-13-6-8-15(9-7-13)23-17-19-11-10-16(20-17)22-14-4-2-12(18)3-5-14/h2-11H,1H3. The second kappa shape index (κ2) is 7.11. The van der Waals surface area contributed by atoms with Crippen molar-refractivity contribution in [3.8, 4) is 17.4 Å². The number of hydrogen-bond acceptors (Lipinski definition) is 5. The van der Waals surface area contributed by atoms with Gasteiger partial charge < -0.3 is 9.47 Å². The van der Waals surface area contributed by atoms with Gasteiger partial charge in [-0.05, 0) is 60.3 Å². The highest BCUT2D eigenvalue weighted by atomic mass is 32.2. The van der Waals surface area contributed by atoms with Gasteiger partial charge in [-0.15, -0.1) is 0 Å². The van der Waals surface area contributed by atoms with Gasteiger partial charge in [0, 0.05) is 17.2 Å². The maximum Gasteiger partial charge on any atom is 0.223 e. The van der Waals surface area contributed by atoms with Gasteiger partial charge in [-0.2, -0.15) is 4.98 Å². The number of nitrogens with zero attached hydrogens (tertiary/aromatic N) is 2. The number of aromatic nitrogens is 2. The predicted molar refractivity (Wildman–Crippen MR) is 85.6 cm³/mol. The normalized spacial score (nSPS) is 10.3. The van der Waals surface area contributed by atoms with Crippen molar-refractivity contribution in [1.82, 2.24) is 9.97 Å². The average Bonchev–Trinajstić information content (AvgIpc) is 2.58. The summed E-state index contributed by atoms with van der Waals surface area (Å²) in [6.07, 6.45) is 1.62. The third-order valence-corrected chi connectivity index (χ3v) is 3.80. The molecule has 0 spiro atoms. The van der Waals surface area contributed by atoms with Crippen LogP contribution in [0.4, 0.5) is 4.39 Å². The molecule has 0 radical (unpaired) electrons. The third kappa shape index (κ3) is 4.20. The molecule has 0 atom stereocenters. The second-order valence-electron chi connectivity index (χ2n) is 4.51. The largest absolute Gasteiger partial charge is 0.497 e. The summed E-state index contributed by atoms with van der Waals surface area (Å²) >= 11 is 1.42. The van der Waals surface area contributed by atoms with E-state index in [0.717, 1.165) is 10.6 Å². The Labute approximate surface area is 137 Å². The van der Waals surface area contributed by atoms with Crippen LogP contribution in [0.25, 0.3) is 0 Å². The SMILES string of the molecule is COc1ccc(Sc2nccc(Oc3ccc(F)cc3)n2)cc1. The smallest absolute Gasteiger partial charge is 0.223 e. The summed E-state index contributed by atoms with van der Waals surface area (Å²) in [5, 5.41) is 0.565. The van der Waals surface area contributed by atoms with Crippen LogP contribution in [0, 0.1) is 5.82 Å². The van der Waals surface area contributed by atoms with E-state index in [2.05, 4.69) is 9.97 Å². The molecule has 3 rings (SSSR count). The third-order valence-electron chi connectivity index (χ3n) is 2.91. The van der Waals surface area contributed by atoms with Crippen molar-refractivity contribution in [2.75, 3.05) is 7.11 Å². The Bertz CT molecular complexity index is 779. The Balaban J connectivity index is 1.72. The molecule has 0 N–H and O–H groups in total. The Kier molecular flexibility index (Phi) is 4.73. The van der Waals surface area contributed by atoms with Crippen LogP contribution in [0.3, 0.4) is 0 Å². The van der Waals surface area contributed by atoms with Crippen molar-refractivity contribution in [1.29, 1.82) is 0 Å². The Morgan fingerprint density at radius 3 is 2.30 bits per heavy atom. The van der Waals surface area contributed by atoms with Gasteiger partial charge >= 0.3 is 0 Å². The molecule has 0 fully saturated rings. The van der Waals surface area contributed by atoms with E-state index in [0.29, 0.717) is 16.8 Å². The van der Waals surface area contributed by atoms with E-state index in [1.807, 2.05) is 24.3 Å². The van der Waals surface area contributed by atoms with E-state index in [1.165, 1.54) is 23.9 Å². The van der Waals surface area contributed by atoms with Gasteiger partial charge in [-0.25, -0.2) is 9.37 Å². The fourth-order valence-corrected chi connectivity index (χ4v) is 2.54. The van der Waals surface area contributed by atoms with Crippen molar-refractivity contribution >= 4 is 11.8 Å². The molecule has 0 amide bonds. The van der Waals surface area contributed by atoms with E-state index in [-0.39, 0.29) is 5.82 Å². The number of benzene rings is 2. The van der Waals surface area contributed by atoms with E-state index in [1.54, 1.807) is 31.5 Å². The highest BCUT2D eigenvalue weighted by molar-refractivity contribution is 7.99. The van der Waals surface area contributed by atoms with Gasteiger partial charge in [0.05, 0.1) is 7.11 Å². The lowest BCUT2D eigenvalue weighted by Crippen LogP contribution is -1.91. The van der Waals surface area contributed by atoms with Gasteiger partial charge in [-0.3, -0.25) is 0 Å². The van der Waals surface area contributed by atoms with Crippen LogP contribution < -0.4 is 9.47 Å². The lowest BCUT2D eigenvalue weighted by atomic mass is 10.3. The molecule has 2 aromatic carbocycles. The van der Waals surface area contributed by atoms with Crippen LogP contribution >= 0.6 is 11.8 Å². The number of methoxy groups -OCH3 is 1. The summed E-state index contributed by atoms with van der Waals surface area (Å²) in [5.74, 6) is 1.41. The maximum atomic E-state index is 12.9. The predicted octanol–water partition coefficient (Wildman–Crippen LogP) is 4.57. The van der Waals surface area contributed by atoms with Crippen LogP contribution in [0.15, 0.2) is 70.8 Å². The molecule has 0 aliphatic heterocycles. The highest BCUT2D eigenvalue weighted by Gasteiger charge is 2.05. The molecule has 1 aromatic heterocycles. The number of halogens is 1. The lowest BCUT2D eigenvalue weighted by molar-refractivity contribution is 0.414. The molecule has 1 heterocycles. The Morgan fingerprint density at radius 1 is 0.913 bits per heavy atom. The molecule has 116 valence electrons. The van der Waals surface area contributed by atoms with Crippen LogP contribution in [0.2, 0.25) is 0 Å². The summed E-state index contributed by atoms with van der Waals surface area (Å²) in [6.45, 7) is 0. The number of rotatable bonds is 5. The highest BCUT2D eigenvalue weighted by Crippen LogP contribution is 2.28. The fourth-order valence-electron chi connectivity index (χ4n) is 1.80. The van der Waals surface area contributed by atoms with E-state index in [9.17, 15) is 4.39 Å². The molecule has 0 aliphatic rings. The maximum absolute atomic E-state index is 12.9. The minimum atomic E-state index is -0.309. The molecule has 4 nitrogen and oxygen atoms in total. The first-order valence-electron chi connectivity index (χ1n) is 6.81. The number of ether oxygens (including phenoxy) is 2. The summed E-state index contributed by atoms with van der Waals surface area (Å²) in [5.41, 5.74) is 0. The first kappa shape index (κ1) is 15.3. The first-order valence-corrected chi connectivity index (χ1v) is 7.63. The van der Waals surface area contributed by atoms with Crippen molar-refractivity contribution in [2.45, 2.75) is 10.1 Å². The van der Waals surface area contributed by atoms with E-state index in [4.69, 9.17) is 9.47 Å². The zero-order valence-corrected chi connectivity index (χ0v) is 13.1. The summed E-state index contributed by atoms with van der Waals surface area (Å²) in [4.78, 5) is 9.54. The minimum Gasteiger partial charge on any atom is -0.497 e. The Hall–Kier alpha value is -2.60. The topological polar surface area (TPSA) is 44.2 Å². The van der Waals surface area contributed by atoms with Crippen molar-refractivity contribution < 1.29 is 13.9 Å². The van der Waals surface area contributed by atoms with Crippen LogP contribution in [-0.2, 0) is 0 Å². The first-order chi connectivity index (χ1) is 11.2. The zero-order chi connectivity index (χ0) is 16.1. The summed E-state index contributed by atoms with van der Waals surface area (Å²) in [7, 11) is 1.63. The van der Waals surface area contributed by atoms with Crippen molar-refractivity contribution in [3.05, 3.63) is 66.6 Å². The van der Waals surface area contributed by atoms with Gasteiger partial charge in [0.1, 0.15) is 17.3 Å². The van der Waals surface area contributed by atoms with E-state index >= 15 is 0 Å². The quantitative estimate of drug-likeness (QED) is 0.642. The molecule has 6 heteroatoms. The minimum absolute atomic E-state index is 0.309. The molecule has 3 aromatic rings. The molecule has 0 bridgehead atoms. The molecular weight excluding hydrogens is 315 g/mol. The molecule has 0 unspecified atom stereocenters. The van der Waals surface area contributed by atoms with Crippen LogP contribution in [0.5, 0.6) is 17.4 Å². The Morgan fingerprint density at radius 2 is 1.61 bits per heavy atom. The average molecular weight is 328 g/mol. The number of hydrogen-bond donors (Lipinski definition) is 0. The van der Waals surface area contributed by atoms with Gasteiger partial charge in [-0.1, -0.05) is 0 Å². The molecule has 0 saturated carbocycles. The lowest BCUT2D eigenvalue weighted by Gasteiger charge is -2.06. The molecular formula is C17H13FN2O2S. The monoisotopic (exact) mass is 328 g/mol. The summed E-state index contributed by atoms with van der Waals surface area (Å²) < 4.78 is 23.6. The molecule has 23 heavy (non-hydrogen) atoms. The van der Waals surface area contributed by atoms with Gasteiger partial charge in [0.25, 0.3) is 0 Å². The zero-order valence-electron chi connectivity index (χ0n) is 12.3. The van der Waals surface area contributed by atoms with Gasteiger partial charge in [0.2, 0.25) is 5.88 Å². The summed E-state index contributed by atoms with van der Waals surface area (Å²) in [6, 6.07) is 15.0. The van der Waals surface area contributed by atoms with E-state index < -0.39 is 0 Å². The fraction of sp³-hybridized carbons (Fsp3) is 0.0588. The van der Waals surface area contributed by atoms with Crippen LogP contribution in [-0.4, -0.2) is 17.1 Å². The van der Waals surface area contributed by atoms with Gasteiger partial charge in [0.15, 0.2) is 5.16 Å². The molecule has 0 aliphatic carbocycles. The van der Waals surface area contributed by atoms with Crippen molar-refractivity contribution in [3.63, 3.8) is 0 Å². The van der Waals surface area contributed by atoms with Crippen molar-refractivity contribution in [2.24, 2.45) is 0 Å². The molecule has 0 saturated heterocycles. The van der Waals surface area contributed by atoms with Crippen LogP contribution in [0.1, 0.15) is 0 Å². The second-order valence-corrected chi connectivity index (χ2v) is 5.55.